The number of nitrogens with zero attached hydrogens (tertiary/aromatic N) is 7. The van der Waals surface area contributed by atoms with E-state index in [0.29, 0.717) is 18.1 Å². The van der Waals surface area contributed by atoms with Gasteiger partial charge in [0.05, 0.1) is 11.7 Å². The first-order valence-corrected chi connectivity index (χ1v) is 12.0. The van der Waals surface area contributed by atoms with Crippen molar-refractivity contribution in [2.45, 2.75) is 45.6 Å². The van der Waals surface area contributed by atoms with Gasteiger partial charge < -0.3 is 9.80 Å². The molecule has 34 heavy (non-hydrogen) atoms. The van der Waals surface area contributed by atoms with Gasteiger partial charge in [-0.05, 0) is 50.7 Å². The normalized spacial score (nSPS) is 21.1. The molecule has 0 spiro atoms. The predicted molar refractivity (Wildman–Crippen MR) is 126 cm³/mol. The van der Waals surface area contributed by atoms with Crippen LogP contribution in [0.5, 0.6) is 0 Å². The largest absolute Gasteiger partial charge is 0.356 e. The second-order valence-corrected chi connectivity index (χ2v) is 9.65. The molecule has 2 fully saturated rings. The van der Waals surface area contributed by atoms with E-state index in [-0.39, 0.29) is 17.6 Å². The van der Waals surface area contributed by atoms with Crippen LogP contribution < -0.4 is 4.90 Å². The van der Waals surface area contributed by atoms with Gasteiger partial charge in [-0.1, -0.05) is 13.0 Å². The van der Waals surface area contributed by atoms with Crippen molar-refractivity contribution < 1.29 is 9.18 Å². The maximum atomic E-state index is 15.0. The molecule has 1 amide bonds. The Hall–Kier alpha value is -3.49. The molecule has 2 saturated heterocycles. The molecule has 1 unspecified atom stereocenters. The quantitative estimate of drug-likeness (QED) is 0.461. The summed E-state index contributed by atoms with van der Waals surface area (Å²) in [5, 5.41) is 4.79. The Balaban J connectivity index is 1.35. The van der Waals surface area contributed by atoms with Crippen molar-refractivity contribution in [1.82, 2.24) is 28.9 Å². The van der Waals surface area contributed by atoms with Crippen LogP contribution in [0.25, 0.3) is 11.3 Å². The van der Waals surface area contributed by atoms with Crippen molar-refractivity contribution in [2.24, 2.45) is 5.92 Å². The SMILES string of the molecule is Cc1cn2nc(C3CCCCN3C(=O)c3nc4ccccn4c3F)cc2nc1N1CC[C@H](C)C1. The van der Waals surface area contributed by atoms with Crippen molar-refractivity contribution in [3.8, 4) is 0 Å². The summed E-state index contributed by atoms with van der Waals surface area (Å²) in [4.78, 5) is 26.7. The molecule has 0 aromatic carbocycles. The molecule has 176 valence electrons. The fourth-order valence-electron chi connectivity index (χ4n) is 5.35. The molecule has 0 aliphatic carbocycles. The number of amides is 1. The van der Waals surface area contributed by atoms with Crippen LogP contribution >= 0.6 is 0 Å². The third-order valence-electron chi connectivity index (χ3n) is 7.13. The minimum atomic E-state index is -0.623. The summed E-state index contributed by atoms with van der Waals surface area (Å²) in [7, 11) is 0. The third-order valence-corrected chi connectivity index (χ3v) is 7.13. The van der Waals surface area contributed by atoms with Crippen LogP contribution in [0.3, 0.4) is 0 Å². The lowest BCUT2D eigenvalue weighted by molar-refractivity contribution is 0.0594. The number of piperidine rings is 1. The fourth-order valence-corrected chi connectivity index (χ4v) is 5.35. The summed E-state index contributed by atoms with van der Waals surface area (Å²) in [5.41, 5.74) is 2.93. The Labute approximate surface area is 197 Å². The molecule has 0 N–H and O–H groups in total. The highest BCUT2D eigenvalue weighted by atomic mass is 19.1. The van der Waals surface area contributed by atoms with Crippen LogP contribution in [-0.4, -0.2) is 54.4 Å². The van der Waals surface area contributed by atoms with Gasteiger partial charge in [0.2, 0.25) is 5.95 Å². The summed E-state index contributed by atoms with van der Waals surface area (Å²) < 4.78 is 18.1. The van der Waals surface area contributed by atoms with Crippen LogP contribution in [0, 0.1) is 18.8 Å². The van der Waals surface area contributed by atoms with Gasteiger partial charge in [0.25, 0.3) is 5.91 Å². The summed E-state index contributed by atoms with van der Waals surface area (Å²) in [6, 6.07) is 6.94. The van der Waals surface area contributed by atoms with Gasteiger partial charge in [-0.25, -0.2) is 14.5 Å². The maximum Gasteiger partial charge on any atom is 0.277 e. The molecule has 6 heterocycles. The highest BCUT2D eigenvalue weighted by Crippen LogP contribution is 2.33. The molecule has 8 nitrogen and oxygen atoms in total. The van der Waals surface area contributed by atoms with Crippen molar-refractivity contribution in [2.75, 3.05) is 24.5 Å². The number of likely N-dealkylation sites (tertiary alicyclic amines) is 1. The number of imidazole rings is 1. The van der Waals surface area contributed by atoms with Gasteiger partial charge in [-0.3, -0.25) is 9.20 Å². The number of carbonyl (C=O) groups is 1. The van der Waals surface area contributed by atoms with E-state index in [1.165, 1.54) is 10.8 Å². The lowest BCUT2D eigenvalue weighted by Gasteiger charge is -2.34. The summed E-state index contributed by atoms with van der Waals surface area (Å²) in [6.45, 7) is 6.91. The highest BCUT2D eigenvalue weighted by molar-refractivity contribution is 5.93. The van der Waals surface area contributed by atoms with Crippen molar-refractivity contribution in [3.05, 3.63) is 59.6 Å². The van der Waals surface area contributed by atoms with Crippen molar-refractivity contribution in [3.63, 3.8) is 0 Å². The van der Waals surface area contributed by atoms with E-state index < -0.39 is 5.95 Å². The standard InChI is InChI=1S/C25H28FN7O/c1-16-9-12-30(14-16)24-17(2)15-33-21(28-24)13-18(29-33)19-7-3-5-10-31(19)25(34)22-23(26)32-11-6-4-8-20(32)27-22/h4,6,8,11,13,15-16,19H,3,5,7,9-10,12,14H2,1-2H3/t16-,19?/m0/s1. The zero-order valence-electron chi connectivity index (χ0n) is 19.5. The molecule has 0 saturated carbocycles. The number of hydrogen-bond donors (Lipinski definition) is 0. The second-order valence-electron chi connectivity index (χ2n) is 9.65. The number of aromatic nitrogens is 5. The van der Waals surface area contributed by atoms with E-state index in [4.69, 9.17) is 10.1 Å². The number of aryl methyl sites for hydroxylation is 1. The van der Waals surface area contributed by atoms with E-state index in [2.05, 4.69) is 23.7 Å². The Bertz CT molecular complexity index is 1390. The summed E-state index contributed by atoms with van der Waals surface area (Å²) in [6.07, 6.45) is 7.41. The first-order valence-electron chi connectivity index (χ1n) is 12.0. The zero-order chi connectivity index (χ0) is 23.4. The lowest BCUT2D eigenvalue weighted by atomic mass is 9.99. The molecule has 0 bridgehead atoms. The number of hydrogen-bond acceptors (Lipinski definition) is 5. The minimum Gasteiger partial charge on any atom is -0.356 e. The lowest BCUT2D eigenvalue weighted by Crippen LogP contribution is -2.39. The zero-order valence-corrected chi connectivity index (χ0v) is 19.5. The first-order chi connectivity index (χ1) is 16.5. The fraction of sp³-hybridized carbons (Fsp3) is 0.440. The molecular weight excluding hydrogens is 433 g/mol. The molecule has 2 aliphatic heterocycles. The Morgan fingerprint density at radius 1 is 1.12 bits per heavy atom. The summed E-state index contributed by atoms with van der Waals surface area (Å²) in [5.74, 6) is 0.659. The summed E-state index contributed by atoms with van der Waals surface area (Å²) >= 11 is 0. The average Bonchev–Trinajstić information content (AvgIpc) is 3.55. The topological polar surface area (TPSA) is 71.0 Å². The number of rotatable bonds is 3. The van der Waals surface area contributed by atoms with Crippen LogP contribution in [0.4, 0.5) is 10.2 Å². The van der Waals surface area contributed by atoms with Gasteiger partial charge in [0, 0.05) is 43.7 Å². The van der Waals surface area contributed by atoms with Crippen molar-refractivity contribution in [1.29, 1.82) is 0 Å². The number of anilines is 1. The van der Waals surface area contributed by atoms with Gasteiger partial charge in [-0.2, -0.15) is 9.49 Å². The first kappa shape index (κ1) is 21.1. The molecule has 6 rings (SSSR count). The van der Waals surface area contributed by atoms with Crippen molar-refractivity contribution >= 4 is 23.0 Å². The number of pyridine rings is 1. The molecule has 4 aromatic rings. The van der Waals surface area contributed by atoms with E-state index >= 15 is 4.39 Å². The van der Waals surface area contributed by atoms with Crippen LogP contribution in [0.2, 0.25) is 0 Å². The molecule has 2 atom stereocenters. The average molecular weight is 462 g/mol. The number of fused-ring (bicyclic) bond motifs is 2. The minimum absolute atomic E-state index is 0.138. The van der Waals surface area contributed by atoms with E-state index in [1.54, 1.807) is 33.8 Å². The predicted octanol–water partition coefficient (Wildman–Crippen LogP) is 4.04. The van der Waals surface area contributed by atoms with Gasteiger partial charge in [0.15, 0.2) is 11.3 Å². The highest BCUT2D eigenvalue weighted by Gasteiger charge is 2.34. The van der Waals surface area contributed by atoms with E-state index in [1.807, 2.05) is 12.3 Å². The molecule has 0 radical (unpaired) electrons. The van der Waals surface area contributed by atoms with E-state index in [0.717, 1.165) is 55.1 Å². The van der Waals surface area contributed by atoms with Gasteiger partial charge in [0.1, 0.15) is 11.5 Å². The number of carbonyl (C=O) groups excluding carboxylic acids is 1. The number of halogens is 1. The smallest absolute Gasteiger partial charge is 0.277 e. The van der Waals surface area contributed by atoms with Crippen LogP contribution in [0.15, 0.2) is 36.7 Å². The van der Waals surface area contributed by atoms with Gasteiger partial charge in [-0.15, -0.1) is 0 Å². The Morgan fingerprint density at radius 2 is 2.00 bits per heavy atom. The van der Waals surface area contributed by atoms with Gasteiger partial charge >= 0.3 is 0 Å². The van der Waals surface area contributed by atoms with E-state index in [9.17, 15) is 4.79 Å². The monoisotopic (exact) mass is 461 g/mol. The van der Waals surface area contributed by atoms with Crippen LogP contribution in [-0.2, 0) is 0 Å². The third kappa shape index (κ3) is 3.41. The molecule has 2 aliphatic rings. The Kier molecular flexibility index (Phi) is 5.00. The molecule has 9 heteroatoms. The molecular formula is C25H28FN7O. The van der Waals surface area contributed by atoms with Crippen LogP contribution in [0.1, 0.15) is 60.4 Å². The second kappa shape index (κ2) is 8.07. The maximum absolute atomic E-state index is 15.0. The Morgan fingerprint density at radius 3 is 2.79 bits per heavy atom. The molecule has 4 aromatic heterocycles.